The summed E-state index contributed by atoms with van der Waals surface area (Å²) in [5.41, 5.74) is 2.04. The van der Waals surface area contributed by atoms with E-state index in [0.717, 1.165) is 17.9 Å². The zero-order chi connectivity index (χ0) is 17.8. The second-order valence-corrected chi connectivity index (χ2v) is 6.17. The maximum atomic E-state index is 12.7. The molecule has 1 aliphatic heterocycles. The summed E-state index contributed by atoms with van der Waals surface area (Å²) in [6.45, 7) is 6.29. The Hall–Kier alpha value is -2.48. The van der Waals surface area contributed by atoms with Gasteiger partial charge >= 0.3 is 0 Å². The molecule has 134 valence electrons. The molecule has 0 aromatic carbocycles. The van der Waals surface area contributed by atoms with Gasteiger partial charge in [-0.15, -0.1) is 0 Å². The number of hydrogen-bond acceptors (Lipinski definition) is 5. The van der Waals surface area contributed by atoms with E-state index in [9.17, 15) is 9.59 Å². The third-order valence-electron chi connectivity index (χ3n) is 4.38. The lowest BCUT2D eigenvalue weighted by Gasteiger charge is -2.32. The molecule has 2 aromatic heterocycles. The van der Waals surface area contributed by atoms with Crippen molar-refractivity contribution in [1.29, 1.82) is 0 Å². The molecule has 3 rings (SSSR count). The second-order valence-electron chi connectivity index (χ2n) is 6.17. The standard InChI is InChI=1S/C17H23N5O3/c1-3-22-12(2)8-15(20-22)17(24)21-6-7-25-14(10-21)5-4-13-9-16(23)19-11-18-13/h8-9,11,14H,3-7,10H2,1-2H3,(H,18,19,23). The predicted octanol–water partition coefficient (Wildman–Crippen LogP) is 0.769. The molecule has 0 saturated carbocycles. The van der Waals surface area contributed by atoms with E-state index in [0.29, 0.717) is 38.2 Å². The van der Waals surface area contributed by atoms with Crippen molar-refractivity contribution in [2.24, 2.45) is 0 Å². The third-order valence-corrected chi connectivity index (χ3v) is 4.38. The van der Waals surface area contributed by atoms with Crippen LogP contribution in [0.4, 0.5) is 0 Å². The summed E-state index contributed by atoms with van der Waals surface area (Å²) >= 11 is 0. The molecule has 1 aliphatic rings. The largest absolute Gasteiger partial charge is 0.375 e. The van der Waals surface area contributed by atoms with Crippen LogP contribution in [-0.2, 0) is 17.7 Å². The number of nitrogens with one attached hydrogen (secondary N) is 1. The van der Waals surface area contributed by atoms with Crippen molar-refractivity contribution in [3.63, 3.8) is 0 Å². The van der Waals surface area contributed by atoms with Gasteiger partial charge in [-0.05, 0) is 32.8 Å². The number of H-pyrrole nitrogens is 1. The maximum Gasteiger partial charge on any atom is 0.274 e. The summed E-state index contributed by atoms with van der Waals surface area (Å²) in [7, 11) is 0. The highest BCUT2D eigenvalue weighted by Gasteiger charge is 2.26. The molecule has 1 amide bonds. The molecular weight excluding hydrogens is 322 g/mol. The number of carbonyl (C=O) groups is 1. The number of rotatable bonds is 5. The number of morpholine rings is 1. The highest BCUT2D eigenvalue weighted by atomic mass is 16.5. The van der Waals surface area contributed by atoms with Crippen molar-refractivity contribution in [2.75, 3.05) is 19.7 Å². The molecule has 8 heteroatoms. The van der Waals surface area contributed by atoms with E-state index in [-0.39, 0.29) is 17.6 Å². The first-order chi connectivity index (χ1) is 12.1. The van der Waals surface area contributed by atoms with E-state index in [1.165, 1.54) is 12.4 Å². The number of aromatic nitrogens is 4. The van der Waals surface area contributed by atoms with Crippen LogP contribution in [0.1, 0.15) is 35.2 Å². The van der Waals surface area contributed by atoms with Crippen LogP contribution in [0.25, 0.3) is 0 Å². The lowest BCUT2D eigenvalue weighted by atomic mass is 10.1. The van der Waals surface area contributed by atoms with Gasteiger partial charge in [-0.2, -0.15) is 5.10 Å². The molecule has 2 aromatic rings. The molecule has 0 bridgehead atoms. The van der Waals surface area contributed by atoms with Gasteiger partial charge in [0.1, 0.15) is 0 Å². The first-order valence-corrected chi connectivity index (χ1v) is 8.55. The number of nitrogens with zero attached hydrogens (tertiary/aromatic N) is 4. The summed E-state index contributed by atoms with van der Waals surface area (Å²) in [6.07, 6.45) is 2.69. The maximum absolute atomic E-state index is 12.7. The van der Waals surface area contributed by atoms with Gasteiger partial charge in [-0.1, -0.05) is 0 Å². The highest BCUT2D eigenvalue weighted by molar-refractivity contribution is 5.92. The van der Waals surface area contributed by atoms with Crippen LogP contribution in [0.3, 0.4) is 0 Å². The number of ether oxygens (including phenoxy) is 1. The van der Waals surface area contributed by atoms with Crippen LogP contribution in [0.2, 0.25) is 0 Å². The Balaban J connectivity index is 1.60. The minimum Gasteiger partial charge on any atom is -0.375 e. The molecule has 1 unspecified atom stereocenters. The molecule has 8 nitrogen and oxygen atoms in total. The third kappa shape index (κ3) is 4.14. The van der Waals surface area contributed by atoms with Crippen LogP contribution in [0.5, 0.6) is 0 Å². The Kier molecular flexibility index (Phi) is 5.28. The van der Waals surface area contributed by atoms with Crippen LogP contribution >= 0.6 is 0 Å². The number of amides is 1. The summed E-state index contributed by atoms with van der Waals surface area (Å²) in [5.74, 6) is -0.0575. The second kappa shape index (κ2) is 7.60. The average Bonchev–Trinajstić information content (AvgIpc) is 3.00. The molecule has 1 atom stereocenters. The smallest absolute Gasteiger partial charge is 0.274 e. The van der Waals surface area contributed by atoms with Gasteiger partial charge in [-0.25, -0.2) is 4.98 Å². The van der Waals surface area contributed by atoms with Crippen molar-refractivity contribution in [3.8, 4) is 0 Å². The van der Waals surface area contributed by atoms with E-state index in [1.807, 2.05) is 24.6 Å². The average molecular weight is 345 g/mol. The molecule has 0 radical (unpaired) electrons. The Morgan fingerprint density at radius 1 is 1.44 bits per heavy atom. The van der Waals surface area contributed by atoms with E-state index in [2.05, 4.69) is 15.1 Å². The first kappa shape index (κ1) is 17.3. The van der Waals surface area contributed by atoms with Gasteiger partial charge in [0.15, 0.2) is 5.69 Å². The summed E-state index contributed by atoms with van der Waals surface area (Å²) < 4.78 is 7.59. The number of aryl methyl sites for hydroxylation is 3. The van der Waals surface area contributed by atoms with Gasteiger partial charge in [0.2, 0.25) is 0 Å². The fourth-order valence-corrected chi connectivity index (χ4v) is 3.03. The van der Waals surface area contributed by atoms with Crippen molar-refractivity contribution in [1.82, 2.24) is 24.6 Å². The molecule has 25 heavy (non-hydrogen) atoms. The van der Waals surface area contributed by atoms with E-state index < -0.39 is 0 Å². The van der Waals surface area contributed by atoms with Gasteiger partial charge < -0.3 is 14.6 Å². The Labute approximate surface area is 145 Å². The van der Waals surface area contributed by atoms with Crippen molar-refractivity contribution in [2.45, 2.75) is 39.3 Å². The lowest BCUT2D eigenvalue weighted by Crippen LogP contribution is -2.46. The normalized spacial score (nSPS) is 17.7. The van der Waals surface area contributed by atoms with E-state index >= 15 is 0 Å². The molecule has 1 saturated heterocycles. The minimum absolute atomic E-state index is 0.0575. The minimum atomic E-state index is -0.159. The summed E-state index contributed by atoms with van der Waals surface area (Å²) in [5, 5.41) is 4.37. The molecule has 3 heterocycles. The van der Waals surface area contributed by atoms with Gasteiger partial charge in [0.05, 0.1) is 19.0 Å². The van der Waals surface area contributed by atoms with Crippen molar-refractivity contribution >= 4 is 5.91 Å². The Bertz CT molecular complexity index is 798. The summed E-state index contributed by atoms with van der Waals surface area (Å²) in [6, 6.07) is 3.32. The topological polar surface area (TPSA) is 93.1 Å². The number of hydrogen-bond donors (Lipinski definition) is 1. The van der Waals surface area contributed by atoms with Crippen molar-refractivity contribution < 1.29 is 9.53 Å². The van der Waals surface area contributed by atoms with Crippen LogP contribution in [0, 0.1) is 6.92 Å². The number of carbonyl (C=O) groups excluding carboxylic acids is 1. The molecular formula is C17H23N5O3. The monoisotopic (exact) mass is 345 g/mol. The Morgan fingerprint density at radius 2 is 2.28 bits per heavy atom. The molecule has 1 fully saturated rings. The van der Waals surface area contributed by atoms with Crippen LogP contribution < -0.4 is 5.56 Å². The van der Waals surface area contributed by atoms with Crippen LogP contribution in [-0.4, -0.2) is 56.4 Å². The summed E-state index contributed by atoms with van der Waals surface area (Å²) in [4.78, 5) is 32.4. The SMILES string of the molecule is CCn1nc(C(=O)N2CCOC(CCc3cc(=O)[nH]cn3)C2)cc1C. The van der Waals surface area contributed by atoms with E-state index in [1.54, 1.807) is 4.90 Å². The lowest BCUT2D eigenvalue weighted by molar-refractivity contribution is -0.0249. The fourth-order valence-electron chi connectivity index (χ4n) is 3.03. The van der Waals surface area contributed by atoms with Crippen molar-refractivity contribution in [3.05, 3.63) is 45.9 Å². The molecule has 0 spiro atoms. The van der Waals surface area contributed by atoms with Gasteiger partial charge in [0.25, 0.3) is 11.5 Å². The van der Waals surface area contributed by atoms with Crippen LogP contribution in [0.15, 0.2) is 23.3 Å². The first-order valence-electron chi connectivity index (χ1n) is 8.55. The zero-order valence-electron chi connectivity index (χ0n) is 14.6. The van der Waals surface area contributed by atoms with Gasteiger partial charge in [-0.3, -0.25) is 14.3 Å². The highest BCUT2D eigenvalue weighted by Crippen LogP contribution is 2.14. The predicted molar refractivity (Wildman–Crippen MR) is 91.5 cm³/mol. The zero-order valence-corrected chi connectivity index (χ0v) is 14.6. The van der Waals surface area contributed by atoms with Gasteiger partial charge in [0, 0.05) is 37.1 Å². The molecule has 0 aliphatic carbocycles. The molecule has 1 N–H and O–H groups in total. The van der Waals surface area contributed by atoms with E-state index in [4.69, 9.17) is 4.74 Å². The fraction of sp³-hybridized carbons (Fsp3) is 0.529. The number of aromatic amines is 1. The Morgan fingerprint density at radius 3 is 3.00 bits per heavy atom. The quantitative estimate of drug-likeness (QED) is 0.864.